The summed E-state index contributed by atoms with van der Waals surface area (Å²) in [5.41, 5.74) is 8.08. The first-order valence-corrected chi connectivity index (χ1v) is 8.05. The number of nitrogens with two attached hydrogens (primary N) is 1. The summed E-state index contributed by atoms with van der Waals surface area (Å²) >= 11 is 3.62. The second kappa shape index (κ2) is 7.91. The van der Waals surface area contributed by atoms with Crippen molar-refractivity contribution in [3.8, 4) is 0 Å². The normalized spacial score (nSPS) is 11.8. The van der Waals surface area contributed by atoms with Crippen molar-refractivity contribution in [3.63, 3.8) is 0 Å². The Morgan fingerprint density at radius 3 is 2.37 bits per heavy atom. The van der Waals surface area contributed by atoms with E-state index in [0.717, 1.165) is 23.2 Å². The van der Waals surface area contributed by atoms with Gasteiger partial charge < -0.3 is 5.73 Å². The van der Waals surface area contributed by atoms with Crippen LogP contribution in [0.3, 0.4) is 0 Å². The minimum atomic E-state index is 0.649. The summed E-state index contributed by atoms with van der Waals surface area (Å²) in [5, 5.41) is 0. The number of benzene rings is 1. The van der Waals surface area contributed by atoms with Crippen molar-refractivity contribution in [2.24, 2.45) is 5.92 Å². The maximum atomic E-state index is 5.97. The van der Waals surface area contributed by atoms with Crippen molar-refractivity contribution in [3.05, 3.63) is 28.2 Å². The Kier molecular flexibility index (Phi) is 6.87. The largest absolute Gasteiger partial charge is 0.398 e. The van der Waals surface area contributed by atoms with Gasteiger partial charge in [-0.05, 0) is 46.3 Å². The van der Waals surface area contributed by atoms with Crippen LogP contribution in [-0.4, -0.2) is 17.5 Å². The summed E-state index contributed by atoms with van der Waals surface area (Å²) in [6.45, 7) is 11.2. The highest BCUT2D eigenvalue weighted by Gasteiger charge is 2.18. The van der Waals surface area contributed by atoms with Crippen molar-refractivity contribution in [2.75, 3.05) is 12.3 Å². The third kappa shape index (κ3) is 4.81. The number of nitrogens with zero attached hydrogens (tertiary/aromatic N) is 1. The summed E-state index contributed by atoms with van der Waals surface area (Å²) in [6.07, 6.45) is 2.40. The topological polar surface area (TPSA) is 29.3 Å². The maximum absolute atomic E-state index is 5.97. The first kappa shape index (κ1) is 16.5. The lowest BCUT2D eigenvalue weighted by molar-refractivity contribution is 0.157. The summed E-state index contributed by atoms with van der Waals surface area (Å²) in [7, 11) is 0. The Morgan fingerprint density at radius 2 is 1.84 bits per heavy atom. The smallest absolute Gasteiger partial charge is 0.0461 e. The molecule has 1 rings (SSSR count). The fourth-order valence-corrected chi connectivity index (χ4v) is 2.95. The Hall–Kier alpha value is -0.540. The van der Waals surface area contributed by atoms with E-state index in [-0.39, 0.29) is 0 Å². The van der Waals surface area contributed by atoms with Gasteiger partial charge in [0.2, 0.25) is 0 Å². The minimum Gasteiger partial charge on any atom is -0.398 e. The molecule has 0 aliphatic rings. The zero-order valence-corrected chi connectivity index (χ0v) is 14.2. The van der Waals surface area contributed by atoms with Gasteiger partial charge in [0.1, 0.15) is 0 Å². The average Bonchev–Trinajstić information content (AvgIpc) is 2.35. The Balaban J connectivity index is 2.90. The first-order valence-electron chi connectivity index (χ1n) is 7.26. The van der Waals surface area contributed by atoms with Crippen LogP contribution in [-0.2, 0) is 6.54 Å². The van der Waals surface area contributed by atoms with Gasteiger partial charge in [-0.3, -0.25) is 4.90 Å². The van der Waals surface area contributed by atoms with Crippen LogP contribution < -0.4 is 5.73 Å². The molecule has 0 unspecified atom stereocenters. The quantitative estimate of drug-likeness (QED) is 0.737. The molecule has 0 atom stereocenters. The van der Waals surface area contributed by atoms with Gasteiger partial charge in [-0.2, -0.15) is 0 Å². The van der Waals surface area contributed by atoms with E-state index >= 15 is 0 Å². The second-order valence-corrected chi connectivity index (χ2v) is 6.41. The molecule has 0 bridgehead atoms. The predicted molar refractivity (Wildman–Crippen MR) is 88.2 cm³/mol. The lowest BCUT2D eigenvalue weighted by Gasteiger charge is -2.32. The standard InChI is InChI=1S/C16H27BrN2/c1-5-14(6-2)19(10-12(3)4)11-13-8-7-9-15(18)16(13)17/h7-9,12,14H,5-6,10-11,18H2,1-4H3. The van der Waals surface area contributed by atoms with Gasteiger partial charge in [0.05, 0.1) is 0 Å². The summed E-state index contributed by atoms with van der Waals surface area (Å²) in [4.78, 5) is 2.59. The highest BCUT2D eigenvalue weighted by atomic mass is 79.9. The Labute approximate surface area is 126 Å². The molecule has 2 N–H and O–H groups in total. The third-order valence-corrected chi connectivity index (χ3v) is 4.51. The van der Waals surface area contributed by atoms with Crippen LogP contribution in [0.4, 0.5) is 5.69 Å². The van der Waals surface area contributed by atoms with E-state index in [2.05, 4.69) is 54.6 Å². The van der Waals surface area contributed by atoms with Crippen molar-refractivity contribution in [1.29, 1.82) is 0 Å². The van der Waals surface area contributed by atoms with Gasteiger partial charge in [0, 0.05) is 29.3 Å². The SMILES string of the molecule is CCC(CC)N(Cc1cccc(N)c1Br)CC(C)C. The Bertz CT molecular complexity index is 386. The lowest BCUT2D eigenvalue weighted by atomic mass is 10.1. The van der Waals surface area contributed by atoms with Crippen LogP contribution in [0.15, 0.2) is 22.7 Å². The number of anilines is 1. The van der Waals surface area contributed by atoms with Gasteiger partial charge in [0.15, 0.2) is 0 Å². The van der Waals surface area contributed by atoms with Crippen molar-refractivity contribution >= 4 is 21.6 Å². The minimum absolute atomic E-state index is 0.649. The van der Waals surface area contributed by atoms with Gasteiger partial charge >= 0.3 is 0 Å². The third-order valence-electron chi connectivity index (χ3n) is 3.54. The molecule has 1 aromatic rings. The molecular formula is C16H27BrN2. The van der Waals surface area contributed by atoms with Crippen LogP contribution in [0.5, 0.6) is 0 Å². The molecule has 0 radical (unpaired) electrons. The van der Waals surface area contributed by atoms with Crippen LogP contribution >= 0.6 is 15.9 Å². The molecule has 0 aromatic heterocycles. The van der Waals surface area contributed by atoms with E-state index in [1.165, 1.54) is 18.4 Å². The van der Waals surface area contributed by atoms with Gasteiger partial charge in [-0.25, -0.2) is 0 Å². The molecular weight excluding hydrogens is 300 g/mol. The van der Waals surface area contributed by atoms with E-state index in [1.807, 2.05) is 12.1 Å². The molecule has 0 fully saturated rings. The van der Waals surface area contributed by atoms with Crippen molar-refractivity contribution in [1.82, 2.24) is 4.90 Å². The first-order chi connectivity index (χ1) is 8.99. The van der Waals surface area contributed by atoms with Crippen molar-refractivity contribution in [2.45, 2.75) is 53.1 Å². The number of hydrogen-bond donors (Lipinski definition) is 1. The van der Waals surface area contributed by atoms with E-state index in [9.17, 15) is 0 Å². The number of halogens is 1. The van der Waals surface area contributed by atoms with Gasteiger partial charge in [-0.15, -0.1) is 0 Å². The summed E-state index contributed by atoms with van der Waals surface area (Å²) in [5.74, 6) is 0.681. The molecule has 0 spiro atoms. The van der Waals surface area contributed by atoms with Gasteiger partial charge in [-0.1, -0.05) is 39.8 Å². The zero-order valence-electron chi connectivity index (χ0n) is 12.6. The molecule has 0 aliphatic heterocycles. The number of hydrogen-bond acceptors (Lipinski definition) is 2. The molecule has 0 aliphatic carbocycles. The number of rotatable bonds is 7. The zero-order chi connectivity index (χ0) is 14.4. The molecule has 0 saturated heterocycles. The molecule has 108 valence electrons. The molecule has 0 heterocycles. The van der Waals surface area contributed by atoms with E-state index in [4.69, 9.17) is 5.73 Å². The average molecular weight is 327 g/mol. The molecule has 2 nitrogen and oxygen atoms in total. The van der Waals surface area contributed by atoms with E-state index in [0.29, 0.717) is 12.0 Å². The summed E-state index contributed by atoms with van der Waals surface area (Å²) < 4.78 is 1.05. The van der Waals surface area contributed by atoms with Crippen LogP contribution in [0.25, 0.3) is 0 Å². The number of nitrogen functional groups attached to an aromatic ring is 1. The lowest BCUT2D eigenvalue weighted by Crippen LogP contribution is -2.36. The molecule has 3 heteroatoms. The molecule has 0 saturated carbocycles. The molecule has 1 aromatic carbocycles. The highest BCUT2D eigenvalue weighted by molar-refractivity contribution is 9.10. The van der Waals surface area contributed by atoms with Crippen LogP contribution in [0, 0.1) is 5.92 Å². The second-order valence-electron chi connectivity index (χ2n) is 5.61. The van der Waals surface area contributed by atoms with Crippen molar-refractivity contribution < 1.29 is 0 Å². The monoisotopic (exact) mass is 326 g/mol. The fraction of sp³-hybridized carbons (Fsp3) is 0.625. The summed E-state index contributed by atoms with van der Waals surface area (Å²) in [6, 6.07) is 6.79. The Morgan fingerprint density at radius 1 is 1.21 bits per heavy atom. The van der Waals surface area contributed by atoms with Crippen LogP contribution in [0.2, 0.25) is 0 Å². The van der Waals surface area contributed by atoms with Crippen LogP contribution in [0.1, 0.15) is 46.1 Å². The predicted octanol–water partition coefficient (Wildman–Crippen LogP) is 4.68. The van der Waals surface area contributed by atoms with E-state index in [1.54, 1.807) is 0 Å². The van der Waals surface area contributed by atoms with E-state index < -0.39 is 0 Å². The molecule has 0 amide bonds. The fourth-order valence-electron chi connectivity index (χ4n) is 2.56. The highest BCUT2D eigenvalue weighted by Crippen LogP contribution is 2.26. The molecule has 19 heavy (non-hydrogen) atoms. The maximum Gasteiger partial charge on any atom is 0.0461 e. The van der Waals surface area contributed by atoms with Gasteiger partial charge in [0.25, 0.3) is 0 Å².